The van der Waals surface area contributed by atoms with E-state index in [0.29, 0.717) is 19.3 Å². The molecule has 0 spiro atoms. The van der Waals surface area contributed by atoms with Gasteiger partial charge < -0.3 is 45.4 Å². The lowest BCUT2D eigenvalue weighted by molar-refractivity contribution is -0.303. The van der Waals surface area contributed by atoms with Crippen LogP contribution in [0.15, 0.2) is 12.2 Å². The Labute approximate surface area is 259 Å². The highest BCUT2D eigenvalue weighted by Gasteiger charge is 2.44. The number of unbranched alkanes of at least 4 members (excludes halogenated alkanes) is 13. The third-order valence-corrected chi connectivity index (χ3v) is 8.21. The molecule has 1 saturated heterocycles. The highest BCUT2D eigenvalue weighted by Crippen LogP contribution is 2.23. The Balaban J connectivity index is 2.59. The van der Waals surface area contributed by atoms with Crippen molar-refractivity contribution in [1.29, 1.82) is 0 Å². The molecule has 254 valence electrons. The van der Waals surface area contributed by atoms with Gasteiger partial charge in [-0.25, -0.2) is 0 Å². The number of ether oxygens (including phenoxy) is 2. The summed E-state index contributed by atoms with van der Waals surface area (Å²) in [5, 5.41) is 64.3. The summed E-state index contributed by atoms with van der Waals surface area (Å²) < 4.78 is 11.0. The molecule has 43 heavy (non-hydrogen) atoms. The van der Waals surface area contributed by atoms with E-state index in [9.17, 15) is 35.4 Å². The van der Waals surface area contributed by atoms with E-state index in [4.69, 9.17) is 9.47 Å². The van der Waals surface area contributed by atoms with Gasteiger partial charge in [-0.1, -0.05) is 103 Å². The summed E-state index contributed by atoms with van der Waals surface area (Å²) in [6.45, 7) is 3.46. The Morgan fingerprint density at radius 2 is 1.37 bits per heavy atom. The van der Waals surface area contributed by atoms with E-state index >= 15 is 0 Å². The Morgan fingerprint density at radius 1 is 0.791 bits per heavy atom. The lowest BCUT2D eigenvalue weighted by atomic mass is 9.98. The molecule has 1 heterocycles. The molecule has 8 atom stereocenters. The number of allylic oxidation sites excluding steroid dienone is 2. The second-order valence-corrected chi connectivity index (χ2v) is 12.1. The highest BCUT2D eigenvalue weighted by atomic mass is 16.7. The standard InChI is InChI=1S/C33H63NO9/c1-3-5-7-9-11-13-14-16-18-20-22-28(37)34-25(24-42-33-32(41)31(40)30(39)27(23-35)43-33)29(38)26(36)21-19-17-15-12-10-8-6-4-2/h10,12,25-27,29-33,35-36,38-41H,3-9,11,13-24H2,1-2H3,(H,34,37)/b12-10+/t25-,26+,27+,29-,30+,31-,32+,33+/m0/s1. The number of carbonyl (C=O) groups excluding carboxylic acids is 1. The van der Waals surface area contributed by atoms with Crippen LogP contribution in [-0.4, -0.2) is 98.7 Å². The van der Waals surface area contributed by atoms with Gasteiger partial charge in [0.25, 0.3) is 0 Å². The van der Waals surface area contributed by atoms with Crippen molar-refractivity contribution in [2.24, 2.45) is 0 Å². The monoisotopic (exact) mass is 617 g/mol. The van der Waals surface area contributed by atoms with E-state index in [-0.39, 0.29) is 18.9 Å². The van der Waals surface area contributed by atoms with Crippen molar-refractivity contribution in [2.75, 3.05) is 13.2 Å². The van der Waals surface area contributed by atoms with Crippen molar-refractivity contribution in [3.05, 3.63) is 12.2 Å². The van der Waals surface area contributed by atoms with Crippen LogP contribution < -0.4 is 5.32 Å². The van der Waals surface area contributed by atoms with Crippen LogP contribution in [0.2, 0.25) is 0 Å². The first-order valence-corrected chi connectivity index (χ1v) is 17.0. The average Bonchev–Trinajstić information content (AvgIpc) is 3.00. The fourth-order valence-corrected chi connectivity index (χ4v) is 5.29. The predicted molar refractivity (Wildman–Crippen MR) is 167 cm³/mol. The maximum Gasteiger partial charge on any atom is 0.220 e. The maximum absolute atomic E-state index is 12.8. The fourth-order valence-electron chi connectivity index (χ4n) is 5.29. The molecule has 10 nitrogen and oxygen atoms in total. The van der Waals surface area contributed by atoms with Crippen LogP contribution >= 0.6 is 0 Å². The summed E-state index contributed by atoms with van der Waals surface area (Å²) in [6.07, 6.45) is 12.5. The number of nitrogens with one attached hydrogen (secondary N) is 1. The number of aliphatic hydroxyl groups excluding tert-OH is 6. The third kappa shape index (κ3) is 17.2. The summed E-state index contributed by atoms with van der Waals surface area (Å²) in [6, 6.07) is -0.994. The zero-order valence-corrected chi connectivity index (χ0v) is 26.8. The molecule has 0 radical (unpaired) electrons. The third-order valence-electron chi connectivity index (χ3n) is 8.21. The fraction of sp³-hybridized carbons (Fsp3) is 0.909. The molecule has 1 aliphatic heterocycles. The van der Waals surface area contributed by atoms with Crippen molar-refractivity contribution in [2.45, 2.75) is 178 Å². The smallest absolute Gasteiger partial charge is 0.220 e. The minimum atomic E-state index is -1.60. The van der Waals surface area contributed by atoms with Gasteiger partial charge in [0.1, 0.15) is 30.5 Å². The van der Waals surface area contributed by atoms with E-state index < -0.39 is 55.6 Å². The van der Waals surface area contributed by atoms with Crippen molar-refractivity contribution < 1.29 is 44.9 Å². The second kappa shape index (κ2) is 25.1. The van der Waals surface area contributed by atoms with Gasteiger partial charge in [-0.05, 0) is 32.1 Å². The van der Waals surface area contributed by atoms with Gasteiger partial charge in [0.2, 0.25) is 5.91 Å². The van der Waals surface area contributed by atoms with Crippen molar-refractivity contribution in [3.63, 3.8) is 0 Å². The summed E-state index contributed by atoms with van der Waals surface area (Å²) in [5.74, 6) is -0.273. The largest absolute Gasteiger partial charge is 0.394 e. The molecule has 0 aromatic heterocycles. The van der Waals surface area contributed by atoms with Crippen LogP contribution in [0.25, 0.3) is 0 Å². The summed E-state index contributed by atoms with van der Waals surface area (Å²) >= 11 is 0. The van der Waals surface area contributed by atoms with Crippen molar-refractivity contribution in [3.8, 4) is 0 Å². The van der Waals surface area contributed by atoms with Crippen LogP contribution in [0.1, 0.15) is 129 Å². The van der Waals surface area contributed by atoms with Gasteiger partial charge >= 0.3 is 0 Å². The molecule has 1 rings (SSSR count). The molecule has 1 aliphatic rings. The number of hydrogen-bond donors (Lipinski definition) is 7. The first-order chi connectivity index (χ1) is 20.8. The highest BCUT2D eigenvalue weighted by molar-refractivity contribution is 5.76. The number of hydrogen-bond acceptors (Lipinski definition) is 9. The van der Waals surface area contributed by atoms with Gasteiger partial charge in [-0.2, -0.15) is 0 Å². The van der Waals surface area contributed by atoms with Gasteiger partial charge in [-0.3, -0.25) is 4.79 Å². The minimum Gasteiger partial charge on any atom is -0.394 e. The SMILES string of the molecule is CCCC/C=C/CCCC[C@@H](O)[C@@H](O)[C@H](CO[C@@H]1O[C@H](CO)[C@@H](O)[C@H](O)[C@H]1O)NC(=O)CCCCCCCCCCCC. The molecule has 10 heteroatoms. The van der Waals surface area contributed by atoms with Crippen LogP contribution in [-0.2, 0) is 14.3 Å². The van der Waals surface area contributed by atoms with Crippen LogP contribution in [0.4, 0.5) is 0 Å². The Hall–Kier alpha value is -1.11. The van der Waals surface area contributed by atoms with Crippen LogP contribution in [0.5, 0.6) is 0 Å². The molecular formula is C33H63NO9. The number of amides is 1. The molecule has 7 N–H and O–H groups in total. The zero-order chi connectivity index (χ0) is 31.9. The molecule has 0 bridgehead atoms. The van der Waals surface area contributed by atoms with Crippen molar-refractivity contribution >= 4 is 5.91 Å². The summed E-state index contributed by atoms with van der Waals surface area (Å²) in [7, 11) is 0. The topological polar surface area (TPSA) is 169 Å². The second-order valence-electron chi connectivity index (χ2n) is 12.1. The Morgan fingerprint density at radius 3 is 1.98 bits per heavy atom. The van der Waals surface area contributed by atoms with Crippen molar-refractivity contribution in [1.82, 2.24) is 5.32 Å². The molecule has 0 aliphatic carbocycles. The molecule has 0 aromatic rings. The molecule has 0 unspecified atom stereocenters. The zero-order valence-electron chi connectivity index (χ0n) is 26.8. The molecule has 0 saturated carbocycles. The van der Waals surface area contributed by atoms with Gasteiger partial charge in [0, 0.05) is 6.42 Å². The summed E-state index contributed by atoms with van der Waals surface area (Å²) in [5.41, 5.74) is 0. The maximum atomic E-state index is 12.8. The summed E-state index contributed by atoms with van der Waals surface area (Å²) in [4.78, 5) is 12.8. The molecular weight excluding hydrogens is 554 g/mol. The van der Waals surface area contributed by atoms with E-state index in [2.05, 4.69) is 31.3 Å². The lowest BCUT2D eigenvalue weighted by Gasteiger charge is -2.40. The Bertz CT molecular complexity index is 708. The van der Waals surface area contributed by atoms with Gasteiger partial charge in [0.05, 0.1) is 25.4 Å². The lowest BCUT2D eigenvalue weighted by Crippen LogP contribution is -2.60. The van der Waals surface area contributed by atoms with Crippen LogP contribution in [0.3, 0.4) is 0 Å². The molecule has 1 fully saturated rings. The molecule has 0 aromatic carbocycles. The quantitative estimate of drug-likeness (QED) is 0.0566. The molecule has 1 amide bonds. The minimum absolute atomic E-state index is 0.273. The average molecular weight is 618 g/mol. The predicted octanol–water partition coefficient (Wildman–Crippen LogP) is 3.63. The van der Waals surface area contributed by atoms with E-state index in [1.807, 2.05) is 0 Å². The van der Waals surface area contributed by atoms with Gasteiger partial charge in [0.15, 0.2) is 6.29 Å². The van der Waals surface area contributed by atoms with E-state index in [1.54, 1.807) is 0 Å². The first kappa shape index (κ1) is 39.9. The van der Waals surface area contributed by atoms with E-state index in [0.717, 1.165) is 44.9 Å². The van der Waals surface area contributed by atoms with Gasteiger partial charge in [-0.15, -0.1) is 0 Å². The first-order valence-electron chi connectivity index (χ1n) is 17.0. The van der Waals surface area contributed by atoms with E-state index in [1.165, 1.54) is 44.9 Å². The Kier molecular flexibility index (Phi) is 23.3. The normalized spacial score (nSPS) is 24.7. The number of rotatable bonds is 26. The number of carbonyl (C=O) groups is 1. The van der Waals surface area contributed by atoms with Crippen LogP contribution in [0, 0.1) is 0 Å². The number of aliphatic hydroxyl groups is 6.